The molecule has 0 bridgehead atoms. The largest absolute Gasteiger partial charge is 0.478 e. The minimum Gasteiger partial charge on any atom is -0.478 e. The molecule has 36 heavy (non-hydrogen) atoms. The fourth-order valence-corrected chi connectivity index (χ4v) is 4.21. The SMILES string of the molecule is CC(Sc1ccc(NC(=O)c2ccc(C(=O)O)cc2C(=O)O)cc1)C(=O)Nc1ccc2c(c1)OCO2. The first-order chi connectivity index (χ1) is 17.2. The number of amides is 2. The van der Waals surface area contributed by atoms with Crippen LogP contribution in [0.4, 0.5) is 11.4 Å². The number of hydrogen-bond acceptors (Lipinski definition) is 7. The Morgan fingerprint density at radius 1 is 0.806 bits per heavy atom. The normalized spacial score (nSPS) is 12.5. The van der Waals surface area contributed by atoms with E-state index in [1.807, 2.05) is 0 Å². The Labute approximate surface area is 209 Å². The molecular formula is C25H20N2O8S. The maximum absolute atomic E-state index is 12.6. The number of carbonyl (C=O) groups is 4. The molecule has 0 saturated heterocycles. The van der Waals surface area contributed by atoms with E-state index in [-0.39, 0.29) is 23.8 Å². The number of benzene rings is 3. The van der Waals surface area contributed by atoms with Crippen LogP contribution < -0.4 is 20.1 Å². The van der Waals surface area contributed by atoms with Crippen LogP contribution in [0.2, 0.25) is 0 Å². The molecule has 0 radical (unpaired) electrons. The first-order valence-corrected chi connectivity index (χ1v) is 11.5. The van der Waals surface area contributed by atoms with Crippen molar-refractivity contribution in [3.8, 4) is 11.5 Å². The average Bonchev–Trinajstić information content (AvgIpc) is 3.32. The molecule has 11 heteroatoms. The molecule has 3 aromatic carbocycles. The van der Waals surface area contributed by atoms with E-state index in [0.29, 0.717) is 22.9 Å². The van der Waals surface area contributed by atoms with Crippen molar-refractivity contribution >= 4 is 46.9 Å². The molecule has 1 heterocycles. The van der Waals surface area contributed by atoms with Crippen molar-refractivity contribution in [3.05, 3.63) is 77.4 Å². The number of carbonyl (C=O) groups excluding carboxylic acids is 2. The number of nitrogens with one attached hydrogen (secondary N) is 2. The summed E-state index contributed by atoms with van der Waals surface area (Å²) in [5.74, 6) is -2.42. The molecule has 0 aliphatic carbocycles. The first kappa shape index (κ1) is 24.6. The van der Waals surface area contributed by atoms with Crippen molar-refractivity contribution in [1.82, 2.24) is 0 Å². The maximum Gasteiger partial charge on any atom is 0.336 e. The molecule has 1 aliphatic rings. The van der Waals surface area contributed by atoms with E-state index in [9.17, 15) is 24.3 Å². The van der Waals surface area contributed by atoms with Crippen LogP contribution in [-0.4, -0.2) is 46.0 Å². The number of thioether (sulfide) groups is 1. The van der Waals surface area contributed by atoms with Crippen molar-refractivity contribution in [1.29, 1.82) is 0 Å². The van der Waals surface area contributed by atoms with Gasteiger partial charge in [-0.05, 0) is 61.5 Å². The number of carboxylic acids is 2. The van der Waals surface area contributed by atoms with Crippen LogP contribution in [0.3, 0.4) is 0 Å². The van der Waals surface area contributed by atoms with Gasteiger partial charge < -0.3 is 30.3 Å². The zero-order valence-electron chi connectivity index (χ0n) is 18.8. The molecule has 3 aromatic rings. The summed E-state index contributed by atoms with van der Waals surface area (Å²) in [6, 6.07) is 15.1. The summed E-state index contributed by atoms with van der Waals surface area (Å²) in [7, 11) is 0. The second-order valence-corrected chi connectivity index (χ2v) is 9.08. The lowest BCUT2D eigenvalue weighted by Crippen LogP contribution is -2.22. The van der Waals surface area contributed by atoms with E-state index in [0.717, 1.165) is 17.0 Å². The number of fused-ring (bicyclic) bond motifs is 1. The standard InChI is InChI=1S/C25H20N2O8S/c1-13(22(28)27-16-5-9-20-21(11-16)35-12-34-20)36-17-6-3-15(4-7-17)26-23(29)18-8-2-14(24(30)31)10-19(18)25(32)33/h2-11,13H,12H2,1H3,(H,26,29)(H,27,28)(H,30,31)(H,32,33). The predicted molar refractivity (Wildman–Crippen MR) is 131 cm³/mol. The number of hydrogen-bond donors (Lipinski definition) is 4. The molecule has 0 aromatic heterocycles. The van der Waals surface area contributed by atoms with Gasteiger partial charge in [0, 0.05) is 22.3 Å². The van der Waals surface area contributed by atoms with Gasteiger partial charge >= 0.3 is 11.9 Å². The fraction of sp³-hybridized carbons (Fsp3) is 0.120. The van der Waals surface area contributed by atoms with E-state index >= 15 is 0 Å². The lowest BCUT2D eigenvalue weighted by molar-refractivity contribution is -0.115. The summed E-state index contributed by atoms with van der Waals surface area (Å²) in [4.78, 5) is 48.6. The van der Waals surface area contributed by atoms with Crippen LogP contribution in [0.1, 0.15) is 38.0 Å². The summed E-state index contributed by atoms with van der Waals surface area (Å²) in [5.41, 5.74) is 0.177. The van der Waals surface area contributed by atoms with E-state index in [2.05, 4.69) is 10.6 Å². The summed E-state index contributed by atoms with van der Waals surface area (Å²) >= 11 is 1.32. The summed E-state index contributed by atoms with van der Waals surface area (Å²) in [6.45, 7) is 1.91. The number of aromatic carboxylic acids is 2. The van der Waals surface area contributed by atoms with Gasteiger partial charge in [-0.1, -0.05) is 0 Å². The molecule has 4 N–H and O–H groups in total. The summed E-state index contributed by atoms with van der Waals surface area (Å²) in [5, 5.41) is 23.4. The van der Waals surface area contributed by atoms with Crippen molar-refractivity contribution in [2.75, 3.05) is 17.4 Å². The van der Waals surface area contributed by atoms with Gasteiger partial charge in [0.05, 0.1) is 21.9 Å². The van der Waals surface area contributed by atoms with Gasteiger partial charge in [-0.15, -0.1) is 11.8 Å². The second kappa shape index (κ2) is 10.4. The third kappa shape index (κ3) is 5.58. The number of rotatable bonds is 8. The quantitative estimate of drug-likeness (QED) is 0.328. The van der Waals surface area contributed by atoms with E-state index in [1.165, 1.54) is 17.8 Å². The van der Waals surface area contributed by atoms with Crippen LogP contribution >= 0.6 is 11.8 Å². The van der Waals surface area contributed by atoms with E-state index in [1.54, 1.807) is 49.4 Å². The molecule has 10 nitrogen and oxygen atoms in total. The van der Waals surface area contributed by atoms with Crippen molar-refractivity contribution < 1.29 is 38.9 Å². The van der Waals surface area contributed by atoms with Crippen LogP contribution in [0.25, 0.3) is 0 Å². The van der Waals surface area contributed by atoms with E-state index in [4.69, 9.17) is 14.6 Å². The molecule has 1 unspecified atom stereocenters. The predicted octanol–water partition coefficient (Wildman–Crippen LogP) is 4.18. The van der Waals surface area contributed by atoms with Crippen LogP contribution in [0.15, 0.2) is 65.6 Å². The Bertz CT molecular complexity index is 1360. The third-order valence-corrected chi connectivity index (χ3v) is 6.29. The Kier molecular flexibility index (Phi) is 7.11. The number of ether oxygens (including phenoxy) is 2. The van der Waals surface area contributed by atoms with Gasteiger partial charge in [0.25, 0.3) is 5.91 Å². The maximum atomic E-state index is 12.6. The average molecular weight is 509 g/mol. The van der Waals surface area contributed by atoms with Gasteiger partial charge in [-0.2, -0.15) is 0 Å². The Hall–Kier alpha value is -4.51. The lowest BCUT2D eigenvalue weighted by Gasteiger charge is -2.13. The first-order valence-electron chi connectivity index (χ1n) is 10.6. The van der Waals surface area contributed by atoms with Gasteiger partial charge in [0.2, 0.25) is 12.7 Å². The van der Waals surface area contributed by atoms with Crippen LogP contribution in [0, 0.1) is 0 Å². The fourth-order valence-electron chi connectivity index (χ4n) is 3.34. The van der Waals surface area contributed by atoms with Crippen molar-refractivity contribution in [2.24, 2.45) is 0 Å². The molecule has 0 fully saturated rings. The monoisotopic (exact) mass is 508 g/mol. The Balaban J connectivity index is 1.37. The van der Waals surface area contributed by atoms with Gasteiger partial charge in [-0.3, -0.25) is 9.59 Å². The molecule has 2 amide bonds. The molecule has 1 aliphatic heterocycles. The summed E-state index contributed by atoms with van der Waals surface area (Å²) < 4.78 is 10.6. The topological polar surface area (TPSA) is 151 Å². The Morgan fingerprint density at radius 3 is 2.19 bits per heavy atom. The molecule has 184 valence electrons. The number of carboxylic acid groups (broad SMARTS) is 2. The van der Waals surface area contributed by atoms with Crippen molar-refractivity contribution in [2.45, 2.75) is 17.1 Å². The molecule has 0 spiro atoms. The molecule has 0 saturated carbocycles. The minimum atomic E-state index is -1.41. The van der Waals surface area contributed by atoms with Crippen LogP contribution in [-0.2, 0) is 4.79 Å². The number of anilines is 2. The zero-order valence-corrected chi connectivity index (χ0v) is 19.6. The smallest absolute Gasteiger partial charge is 0.336 e. The van der Waals surface area contributed by atoms with Gasteiger partial charge in [0.15, 0.2) is 11.5 Å². The third-order valence-electron chi connectivity index (χ3n) is 5.18. The molecule has 4 rings (SSSR count). The van der Waals surface area contributed by atoms with Gasteiger partial charge in [0.1, 0.15) is 0 Å². The minimum absolute atomic E-state index is 0.146. The van der Waals surface area contributed by atoms with Gasteiger partial charge in [-0.25, -0.2) is 9.59 Å². The Morgan fingerprint density at radius 2 is 1.50 bits per heavy atom. The molecular weight excluding hydrogens is 488 g/mol. The highest BCUT2D eigenvalue weighted by atomic mass is 32.2. The summed E-state index contributed by atoms with van der Waals surface area (Å²) in [6.07, 6.45) is 0. The highest BCUT2D eigenvalue weighted by molar-refractivity contribution is 8.00. The van der Waals surface area contributed by atoms with Crippen molar-refractivity contribution in [3.63, 3.8) is 0 Å². The van der Waals surface area contributed by atoms with E-state index < -0.39 is 28.7 Å². The lowest BCUT2D eigenvalue weighted by atomic mass is 10.0. The highest BCUT2D eigenvalue weighted by Gasteiger charge is 2.20. The highest BCUT2D eigenvalue weighted by Crippen LogP contribution is 2.34. The zero-order chi connectivity index (χ0) is 25.8. The van der Waals surface area contributed by atoms with Crippen LogP contribution in [0.5, 0.6) is 11.5 Å². The second-order valence-electron chi connectivity index (χ2n) is 7.67. The molecule has 1 atom stereocenters.